The Kier molecular flexibility index (Phi) is 5.33. The highest BCUT2D eigenvalue weighted by Crippen LogP contribution is 2.19. The lowest BCUT2D eigenvalue weighted by molar-refractivity contribution is 0.102. The predicted octanol–water partition coefficient (Wildman–Crippen LogP) is 3.22. The first-order valence-electron chi connectivity index (χ1n) is 8.66. The molecule has 1 saturated carbocycles. The Morgan fingerprint density at radius 1 is 1.16 bits per heavy atom. The molecule has 1 aromatic carbocycles. The molecular weight excluding hydrogens is 318 g/mol. The quantitative estimate of drug-likeness (QED) is 0.722. The first kappa shape index (κ1) is 17.0. The van der Waals surface area contributed by atoms with Crippen LogP contribution in [0.25, 0.3) is 0 Å². The number of rotatable bonds is 7. The summed E-state index contributed by atoms with van der Waals surface area (Å²) in [6.07, 6.45) is 5.84. The average Bonchev–Trinajstić information content (AvgIpc) is 3.30. The van der Waals surface area contributed by atoms with Crippen molar-refractivity contribution < 1.29 is 9.59 Å². The molecule has 1 aliphatic carbocycles. The van der Waals surface area contributed by atoms with Crippen molar-refractivity contribution in [1.82, 2.24) is 15.1 Å². The van der Waals surface area contributed by atoms with E-state index in [1.165, 1.54) is 0 Å². The number of benzene rings is 1. The van der Waals surface area contributed by atoms with E-state index >= 15 is 0 Å². The molecule has 0 saturated heterocycles. The number of hydrogen-bond donors (Lipinski definition) is 3. The number of nitrogens with zero attached hydrogens (tertiary/aromatic N) is 2. The number of nitrogens with one attached hydrogen (secondary N) is 3. The Hall–Kier alpha value is -2.83. The van der Waals surface area contributed by atoms with E-state index in [0.29, 0.717) is 23.1 Å². The Bertz CT molecular complexity index is 734. The highest BCUT2D eigenvalue weighted by molar-refractivity contribution is 6.04. The van der Waals surface area contributed by atoms with Crippen LogP contribution in [0.2, 0.25) is 0 Å². The largest absolute Gasteiger partial charge is 0.335 e. The van der Waals surface area contributed by atoms with Crippen LogP contribution in [0.15, 0.2) is 36.5 Å². The van der Waals surface area contributed by atoms with E-state index < -0.39 is 0 Å². The zero-order valence-electron chi connectivity index (χ0n) is 14.3. The normalized spacial score (nSPS) is 13.3. The third-order valence-electron chi connectivity index (χ3n) is 4.00. The molecule has 25 heavy (non-hydrogen) atoms. The summed E-state index contributed by atoms with van der Waals surface area (Å²) in [5.41, 5.74) is 1.18. The Balaban J connectivity index is 1.57. The van der Waals surface area contributed by atoms with Crippen LogP contribution in [0.5, 0.6) is 0 Å². The summed E-state index contributed by atoms with van der Waals surface area (Å²) in [6, 6.07) is 8.70. The standard InChI is InChI=1S/C18H23N5O2/c1-2-3-12-23-16(10-11-19-23)22-17(24)13-4-6-14(7-5-13)20-18(25)21-15-8-9-15/h4-7,10-11,15H,2-3,8-9,12H2,1H3,(H,22,24)(H2,20,21,25). The van der Waals surface area contributed by atoms with E-state index in [0.717, 1.165) is 32.2 Å². The molecule has 0 spiro atoms. The van der Waals surface area contributed by atoms with Gasteiger partial charge in [-0.3, -0.25) is 4.79 Å². The zero-order chi connectivity index (χ0) is 17.6. The molecule has 0 aliphatic heterocycles. The lowest BCUT2D eigenvalue weighted by Gasteiger charge is -2.10. The van der Waals surface area contributed by atoms with Crippen molar-refractivity contribution in [2.45, 2.75) is 45.2 Å². The molecule has 1 aliphatic rings. The van der Waals surface area contributed by atoms with Gasteiger partial charge >= 0.3 is 6.03 Å². The number of urea groups is 1. The SMILES string of the molecule is CCCCn1nccc1NC(=O)c1ccc(NC(=O)NC2CC2)cc1. The van der Waals surface area contributed by atoms with Gasteiger partial charge in [0, 0.05) is 29.9 Å². The Morgan fingerprint density at radius 3 is 2.60 bits per heavy atom. The van der Waals surface area contributed by atoms with Crippen molar-refractivity contribution in [3.63, 3.8) is 0 Å². The number of aromatic nitrogens is 2. The summed E-state index contributed by atoms with van der Waals surface area (Å²) < 4.78 is 1.79. The van der Waals surface area contributed by atoms with Crippen LogP contribution in [0.3, 0.4) is 0 Å². The Morgan fingerprint density at radius 2 is 1.92 bits per heavy atom. The zero-order valence-corrected chi connectivity index (χ0v) is 14.3. The molecule has 0 unspecified atom stereocenters. The van der Waals surface area contributed by atoms with Crippen LogP contribution in [-0.4, -0.2) is 27.8 Å². The molecular formula is C18H23N5O2. The lowest BCUT2D eigenvalue weighted by atomic mass is 10.2. The molecule has 2 aromatic rings. The number of carbonyl (C=O) groups excluding carboxylic acids is 2. The predicted molar refractivity (Wildman–Crippen MR) is 96.7 cm³/mol. The fourth-order valence-corrected chi connectivity index (χ4v) is 2.40. The van der Waals surface area contributed by atoms with Crippen molar-refractivity contribution in [3.8, 4) is 0 Å². The van der Waals surface area contributed by atoms with Gasteiger partial charge < -0.3 is 16.0 Å². The van der Waals surface area contributed by atoms with Gasteiger partial charge in [0.05, 0.1) is 6.20 Å². The summed E-state index contributed by atoms with van der Waals surface area (Å²) in [6.45, 7) is 2.89. The van der Waals surface area contributed by atoms with Crippen LogP contribution in [0.1, 0.15) is 43.0 Å². The number of unbranched alkanes of at least 4 members (excludes halogenated alkanes) is 1. The smallest absolute Gasteiger partial charge is 0.319 e. The maximum absolute atomic E-state index is 12.4. The molecule has 3 rings (SSSR count). The van der Waals surface area contributed by atoms with Crippen LogP contribution in [0.4, 0.5) is 16.3 Å². The number of carbonyl (C=O) groups is 2. The molecule has 0 bridgehead atoms. The van der Waals surface area contributed by atoms with Gasteiger partial charge in [-0.25, -0.2) is 9.48 Å². The molecule has 3 N–H and O–H groups in total. The fourth-order valence-electron chi connectivity index (χ4n) is 2.40. The first-order valence-corrected chi connectivity index (χ1v) is 8.66. The summed E-state index contributed by atoms with van der Waals surface area (Å²) in [5, 5.41) is 12.7. The van der Waals surface area contributed by atoms with Gasteiger partial charge in [-0.15, -0.1) is 0 Å². The van der Waals surface area contributed by atoms with Gasteiger partial charge in [0.25, 0.3) is 5.91 Å². The minimum atomic E-state index is -0.209. The second kappa shape index (κ2) is 7.83. The maximum atomic E-state index is 12.4. The molecule has 0 radical (unpaired) electrons. The summed E-state index contributed by atoms with van der Waals surface area (Å²) in [4.78, 5) is 24.1. The van der Waals surface area contributed by atoms with Crippen molar-refractivity contribution >= 4 is 23.4 Å². The van der Waals surface area contributed by atoms with Gasteiger partial charge in [-0.05, 0) is 43.5 Å². The molecule has 7 nitrogen and oxygen atoms in total. The molecule has 1 heterocycles. The second-order valence-electron chi connectivity index (χ2n) is 6.20. The van der Waals surface area contributed by atoms with Gasteiger partial charge in [0.15, 0.2) is 0 Å². The van der Waals surface area contributed by atoms with Crippen molar-refractivity contribution in [2.75, 3.05) is 10.6 Å². The summed E-state index contributed by atoms with van der Waals surface area (Å²) in [5.74, 6) is 0.483. The van der Waals surface area contributed by atoms with Gasteiger partial charge in [0.1, 0.15) is 5.82 Å². The summed E-state index contributed by atoms with van der Waals surface area (Å²) >= 11 is 0. The average molecular weight is 341 g/mol. The van der Waals surface area contributed by atoms with Crippen molar-refractivity contribution in [3.05, 3.63) is 42.1 Å². The molecule has 1 aromatic heterocycles. The molecule has 7 heteroatoms. The monoisotopic (exact) mass is 341 g/mol. The second-order valence-corrected chi connectivity index (χ2v) is 6.20. The van der Waals surface area contributed by atoms with E-state index in [4.69, 9.17) is 0 Å². The van der Waals surface area contributed by atoms with Crippen LogP contribution < -0.4 is 16.0 Å². The maximum Gasteiger partial charge on any atom is 0.319 e. The Labute approximate surface area is 146 Å². The summed E-state index contributed by atoms with van der Waals surface area (Å²) in [7, 11) is 0. The van der Waals surface area contributed by atoms with Crippen molar-refractivity contribution in [2.24, 2.45) is 0 Å². The van der Waals surface area contributed by atoms with Crippen molar-refractivity contribution in [1.29, 1.82) is 0 Å². The van der Waals surface area contributed by atoms with Gasteiger partial charge in [0.2, 0.25) is 0 Å². The number of hydrogen-bond acceptors (Lipinski definition) is 3. The molecule has 3 amide bonds. The van der Waals surface area contributed by atoms with E-state index in [1.54, 1.807) is 41.2 Å². The minimum absolute atomic E-state index is 0.202. The van der Waals surface area contributed by atoms with Crippen LogP contribution in [-0.2, 0) is 6.54 Å². The highest BCUT2D eigenvalue weighted by Gasteiger charge is 2.23. The lowest BCUT2D eigenvalue weighted by Crippen LogP contribution is -2.30. The third kappa shape index (κ3) is 4.82. The number of anilines is 2. The number of aryl methyl sites for hydroxylation is 1. The third-order valence-corrected chi connectivity index (χ3v) is 4.00. The molecule has 1 fully saturated rings. The molecule has 0 atom stereocenters. The number of amides is 3. The van der Waals surface area contributed by atoms with E-state index in [-0.39, 0.29) is 11.9 Å². The minimum Gasteiger partial charge on any atom is -0.335 e. The van der Waals surface area contributed by atoms with E-state index in [1.807, 2.05) is 0 Å². The topological polar surface area (TPSA) is 88.1 Å². The van der Waals surface area contributed by atoms with Crippen LogP contribution in [0, 0.1) is 0 Å². The first-order chi connectivity index (χ1) is 12.2. The highest BCUT2D eigenvalue weighted by atomic mass is 16.2. The van der Waals surface area contributed by atoms with E-state index in [9.17, 15) is 9.59 Å². The van der Waals surface area contributed by atoms with Gasteiger partial charge in [-0.2, -0.15) is 5.10 Å². The molecule has 132 valence electrons. The van der Waals surface area contributed by atoms with E-state index in [2.05, 4.69) is 28.0 Å². The van der Waals surface area contributed by atoms with Gasteiger partial charge in [-0.1, -0.05) is 13.3 Å². The van der Waals surface area contributed by atoms with Crippen LogP contribution >= 0.6 is 0 Å². The fraction of sp³-hybridized carbons (Fsp3) is 0.389.